The molecular formula is C14H23N3. The molecule has 2 atom stereocenters. The number of hydrogen-bond donors (Lipinski definition) is 1. The van der Waals surface area contributed by atoms with Crippen LogP contribution >= 0.6 is 0 Å². The van der Waals surface area contributed by atoms with Crippen molar-refractivity contribution < 1.29 is 0 Å². The van der Waals surface area contributed by atoms with Crippen molar-refractivity contribution in [3.63, 3.8) is 0 Å². The highest BCUT2D eigenvalue weighted by atomic mass is 15.2. The van der Waals surface area contributed by atoms with Gasteiger partial charge in [-0.05, 0) is 50.4 Å². The Balaban J connectivity index is 2.03. The smallest absolute Gasteiger partial charge is 0.0544 e. The van der Waals surface area contributed by atoms with E-state index in [0.717, 1.165) is 13.1 Å². The molecule has 17 heavy (non-hydrogen) atoms. The Kier molecular flexibility index (Phi) is 4.51. The van der Waals surface area contributed by atoms with Gasteiger partial charge in [-0.3, -0.25) is 9.88 Å². The lowest BCUT2D eigenvalue weighted by Crippen LogP contribution is -2.46. The van der Waals surface area contributed by atoms with Gasteiger partial charge in [0.2, 0.25) is 0 Å². The molecule has 0 amide bonds. The fourth-order valence-electron chi connectivity index (χ4n) is 2.98. The summed E-state index contributed by atoms with van der Waals surface area (Å²) in [6, 6.07) is 6.78. The molecule has 2 rings (SSSR count). The molecule has 3 heteroatoms. The van der Waals surface area contributed by atoms with E-state index in [1.165, 1.54) is 31.5 Å². The molecule has 1 aliphatic heterocycles. The highest BCUT2D eigenvalue weighted by molar-refractivity contribution is 5.04. The van der Waals surface area contributed by atoms with E-state index >= 15 is 0 Å². The highest BCUT2D eigenvalue weighted by Gasteiger charge is 2.28. The van der Waals surface area contributed by atoms with Crippen LogP contribution in [0.3, 0.4) is 0 Å². The minimum atomic E-state index is 0.635. The fourth-order valence-corrected chi connectivity index (χ4v) is 2.98. The van der Waals surface area contributed by atoms with Gasteiger partial charge in [0.15, 0.2) is 0 Å². The summed E-state index contributed by atoms with van der Waals surface area (Å²) in [6.07, 6.45) is 5.62. The van der Waals surface area contributed by atoms with Crippen LogP contribution in [-0.2, 0) is 6.54 Å². The predicted molar refractivity (Wildman–Crippen MR) is 70.5 cm³/mol. The molecule has 0 radical (unpaired) electrons. The fraction of sp³-hybridized carbons (Fsp3) is 0.643. The van der Waals surface area contributed by atoms with Crippen molar-refractivity contribution in [1.82, 2.24) is 9.88 Å². The predicted octanol–water partition coefficient (Wildman–Crippen LogP) is 2.03. The zero-order valence-corrected chi connectivity index (χ0v) is 10.7. The van der Waals surface area contributed by atoms with Gasteiger partial charge in [-0.25, -0.2) is 0 Å². The first kappa shape index (κ1) is 12.5. The third-order valence-corrected chi connectivity index (χ3v) is 3.85. The Morgan fingerprint density at radius 3 is 3.00 bits per heavy atom. The first-order chi connectivity index (χ1) is 8.35. The van der Waals surface area contributed by atoms with Crippen LogP contribution in [0.25, 0.3) is 0 Å². The van der Waals surface area contributed by atoms with Crippen LogP contribution in [-0.4, -0.2) is 29.0 Å². The largest absolute Gasteiger partial charge is 0.330 e. The highest BCUT2D eigenvalue weighted by Crippen LogP contribution is 2.26. The second-order valence-electron chi connectivity index (χ2n) is 4.91. The van der Waals surface area contributed by atoms with Crippen molar-refractivity contribution in [2.24, 2.45) is 11.7 Å². The van der Waals surface area contributed by atoms with E-state index < -0.39 is 0 Å². The van der Waals surface area contributed by atoms with Crippen LogP contribution in [0.1, 0.15) is 31.9 Å². The van der Waals surface area contributed by atoms with Gasteiger partial charge in [-0.15, -0.1) is 0 Å². The number of likely N-dealkylation sites (tertiary alicyclic amines) is 1. The molecule has 2 heterocycles. The van der Waals surface area contributed by atoms with E-state index in [-0.39, 0.29) is 0 Å². The van der Waals surface area contributed by atoms with Crippen LogP contribution in [0.15, 0.2) is 24.4 Å². The molecule has 1 aliphatic rings. The third kappa shape index (κ3) is 3.05. The number of hydrogen-bond acceptors (Lipinski definition) is 3. The number of pyridine rings is 1. The minimum Gasteiger partial charge on any atom is -0.330 e. The van der Waals surface area contributed by atoms with Crippen LogP contribution in [0.5, 0.6) is 0 Å². The molecule has 1 fully saturated rings. The van der Waals surface area contributed by atoms with Crippen molar-refractivity contribution in [3.8, 4) is 0 Å². The second-order valence-corrected chi connectivity index (χ2v) is 4.91. The van der Waals surface area contributed by atoms with E-state index in [0.29, 0.717) is 12.0 Å². The number of rotatable bonds is 4. The van der Waals surface area contributed by atoms with Gasteiger partial charge in [-0.1, -0.05) is 13.0 Å². The molecule has 1 aromatic heterocycles. The van der Waals surface area contributed by atoms with E-state index in [4.69, 9.17) is 5.73 Å². The summed E-state index contributed by atoms with van der Waals surface area (Å²) in [6.45, 7) is 5.24. The third-order valence-electron chi connectivity index (χ3n) is 3.85. The molecule has 0 saturated carbocycles. The van der Waals surface area contributed by atoms with Gasteiger partial charge in [0, 0.05) is 18.8 Å². The number of nitrogens with two attached hydrogens (primary N) is 1. The maximum Gasteiger partial charge on any atom is 0.0544 e. The van der Waals surface area contributed by atoms with Crippen LogP contribution in [0.2, 0.25) is 0 Å². The lowest BCUT2D eigenvalue weighted by Gasteiger charge is -2.40. The van der Waals surface area contributed by atoms with Crippen molar-refractivity contribution in [2.75, 3.05) is 13.1 Å². The zero-order valence-electron chi connectivity index (χ0n) is 10.7. The summed E-state index contributed by atoms with van der Waals surface area (Å²) in [5, 5.41) is 0. The van der Waals surface area contributed by atoms with Gasteiger partial charge in [0.05, 0.1) is 5.69 Å². The first-order valence-electron chi connectivity index (χ1n) is 6.69. The van der Waals surface area contributed by atoms with Gasteiger partial charge in [-0.2, -0.15) is 0 Å². The van der Waals surface area contributed by atoms with E-state index in [2.05, 4.69) is 28.9 Å². The standard InChI is InChI=1S/C14H23N3/c1-2-14-12(10-15)6-5-9-17(14)11-13-7-3-4-8-16-13/h3-4,7-8,12,14H,2,5-6,9-11,15H2,1H3/t12-,14-/m1/s1. The van der Waals surface area contributed by atoms with Crippen molar-refractivity contribution in [3.05, 3.63) is 30.1 Å². The Morgan fingerprint density at radius 1 is 1.47 bits per heavy atom. The minimum absolute atomic E-state index is 0.635. The lowest BCUT2D eigenvalue weighted by molar-refractivity contribution is 0.0845. The Labute approximate surface area is 104 Å². The average Bonchev–Trinajstić information content (AvgIpc) is 2.39. The van der Waals surface area contributed by atoms with Crippen LogP contribution < -0.4 is 5.73 Å². The van der Waals surface area contributed by atoms with Gasteiger partial charge in [0.1, 0.15) is 0 Å². The second kappa shape index (κ2) is 6.12. The maximum absolute atomic E-state index is 5.88. The van der Waals surface area contributed by atoms with Crippen molar-refractivity contribution in [1.29, 1.82) is 0 Å². The first-order valence-corrected chi connectivity index (χ1v) is 6.69. The molecular weight excluding hydrogens is 210 g/mol. The molecule has 1 aromatic rings. The summed E-state index contributed by atoms with van der Waals surface area (Å²) in [5.41, 5.74) is 7.05. The van der Waals surface area contributed by atoms with Crippen LogP contribution in [0, 0.1) is 5.92 Å². The molecule has 0 spiro atoms. The molecule has 2 N–H and O–H groups in total. The molecule has 3 nitrogen and oxygen atoms in total. The number of nitrogens with zero attached hydrogens (tertiary/aromatic N) is 2. The average molecular weight is 233 g/mol. The molecule has 0 aliphatic carbocycles. The molecule has 0 bridgehead atoms. The lowest BCUT2D eigenvalue weighted by atomic mass is 9.87. The molecule has 0 aromatic carbocycles. The Bertz CT molecular complexity index is 325. The number of aromatic nitrogens is 1. The van der Waals surface area contributed by atoms with Crippen LogP contribution in [0.4, 0.5) is 0 Å². The summed E-state index contributed by atoms with van der Waals surface area (Å²) in [7, 11) is 0. The SMILES string of the molecule is CC[C@@H]1[C@@H](CN)CCCN1Cc1ccccn1. The Morgan fingerprint density at radius 2 is 2.35 bits per heavy atom. The summed E-state index contributed by atoms with van der Waals surface area (Å²) in [5.74, 6) is 0.664. The molecule has 94 valence electrons. The zero-order chi connectivity index (χ0) is 12.1. The van der Waals surface area contributed by atoms with Gasteiger partial charge in [0.25, 0.3) is 0 Å². The summed E-state index contributed by atoms with van der Waals surface area (Å²) >= 11 is 0. The summed E-state index contributed by atoms with van der Waals surface area (Å²) < 4.78 is 0. The van der Waals surface area contributed by atoms with Crippen molar-refractivity contribution in [2.45, 2.75) is 38.8 Å². The normalized spacial score (nSPS) is 26.0. The monoisotopic (exact) mass is 233 g/mol. The van der Waals surface area contributed by atoms with Gasteiger partial charge >= 0.3 is 0 Å². The molecule has 0 unspecified atom stereocenters. The quantitative estimate of drug-likeness (QED) is 0.865. The number of piperidine rings is 1. The van der Waals surface area contributed by atoms with E-state index in [1.807, 2.05) is 12.3 Å². The molecule has 1 saturated heterocycles. The topological polar surface area (TPSA) is 42.1 Å². The van der Waals surface area contributed by atoms with Crippen molar-refractivity contribution >= 4 is 0 Å². The maximum atomic E-state index is 5.88. The van der Waals surface area contributed by atoms with Gasteiger partial charge < -0.3 is 5.73 Å². The Hall–Kier alpha value is -0.930. The van der Waals surface area contributed by atoms with E-state index in [1.54, 1.807) is 0 Å². The van der Waals surface area contributed by atoms with E-state index in [9.17, 15) is 0 Å². The summed E-state index contributed by atoms with van der Waals surface area (Å²) in [4.78, 5) is 6.98.